The van der Waals surface area contributed by atoms with Crippen LogP contribution in [0, 0.1) is 0 Å². The average Bonchev–Trinajstić information content (AvgIpc) is 2.91. The number of furan rings is 1. The Bertz CT molecular complexity index is 843. The van der Waals surface area contributed by atoms with Gasteiger partial charge in [0.25, 0.3) is 0 Å². The Morgan fingerprint density at radius 2 is 2.00 bits per heavy atom. The first-order chi connectivity index (χ1) is 9.06. The highest BCUT2D eigenvalue weighted by molar-refractivity contribution is 9.10. The van der Waals surface area contributed by atoms with Gasteiger partial charge in [0.1, 0.15) is 0 Å². The lowest BCUT2D eigenvalue weighted by atomic mass is 10.3. The van der Waals surface area contributed by atoms with Crippen LogP contribution in [0.3, 0.4) is 0 Å². The predicted molar refractivity (Wildman–Crippen MR) is 71.0 cm³/mol. The Labute approximate surface area is 114 Å². The third-order valence-corrected chi connectivity index (χ3v) is 3.02. The van der Waals surface area contributed by atoms with Gasteiger partial charge in [-0.1, -0.05) is 0 Å². The summed E-state index contributed by atoms with van der Waals surface area (Å²) in [6, 6.07) is 7.65. The average molecular weight is 323 g/mol. The minimum Gasteiger partial charge on any atom is -0.444 e. The summed E-state index contributed by atoms with van der Waals surface area (Å²) in [6.45, 7) is 0. The molecule has 0 aliphatic rings. The van der Waals surface area contributed by atoms with Crippen LogP contribution in [0.4, 0.5) is 5.69 Å². The van der Waals surface area contributed by atoms with E-state index in [1.54, 1.807) is 18.2 Å². The van der Waals surface area contributed by atoms with Crippen LogP contribution in [0.2, 0.25) is 0 Å². The van der Waals surface area contributed by atoms with Crippen molar-refractivity contribution >= 4 is 38.6 Å². The van der Waals surface area contributed by atoms with Gasteiger partial charge in [0.15, 0.2) is 16.0 Å². The van der Waals surface area contributed by atoms with Gasteiger partial charge in [-0.15, -0.1) is 0 Å². The smallest absolute Gasteiger partial charge is 0.427 e. The van der Waals surface area contributed by atoms with Crippen molar-refractivity contribution in [1.82, 2.24) is 4.57 Å². The third-order valence-electron chi connectivity index (χ3n) is 2.59. The van der Waals surface area contributed by atoms with Crippen LogP contribution in [0.5, 0.6) is 0 Å². The molecule has 0 bridgehead atoms. The summed E-state index contributed by atoms with van der Waals surface area (Å²) < 4.78 is 11.4. The summed E-state index contributed by atoms with van der Waals surface area (Å²) in [5, 5.41) is 0. The van der Waals surface area contributed by atoms with Crippen molar-refractivity contribution in [2.75, 3.05) is 5.73 Å². The molecule has 6 nitrogen and oxygen atoms in total. The number of carbonyl (C=O) groups is 1. The van der Waals surface area contributed by atoms with Crippen molar-refractivity contribution < 1.29 is 13.6 Å². The number of fused-ring (bicyclic) bond motifs is 1. The molecule has 0 amide bonds. The molecular weight excluding hydrogens is 316 g/mol. The number of benzene rings is 1. The topological polar surface area (TPSA) is 91.4 Å². The molecule has 3 rings (SSSR count). The summed E-state index contributed by atoms with van der Waals surface area (Å²) in [4.78, 5) is 24.0. The number of nitrogens with zero attached hydrogens (tertiary/aromatic N) is 1. The van der Waals surface area contributed by atoms with Gasteiger partial charge < -0.3 is 14.6 Å². The van der Waals surface area contributed by atoms with Crippen LogP contribution >= 0.6 is 15.9 Å². The van der Waals surface area contributed by atoms with Crippen LogP contribution in [0.25, 0.3) is 11.1 Å². The van der Waals surface area contributed by atoms with Crippen molar-refractivity contribution in [2.45, 2.75) is 0 Å². The molecule has 0 aliphatic carbocycles. The molecule has 3 aromatic rings. The van der Waals surface area contributed by atoms with Crippen LogP contribution < -0.4 is 11.5 Å². The zero-order valence-corrected chi connectivity index (χ0v) is 11.0. The molecule has 2 N–H and O–H groups in total. The second kappa shape index (κ2) is 4.13. The Morgan fingerprint density at radius 1 is 1.21 bits per heavy atom. The molecule has 1 aromatic carbocycles. The van der Waals surface area contributed by atoms with E-state index >= 15 is 0 Å². The highest BCUT2D eigenvalue weighted by Gasteiger charge is 2.20. The van der Waals surface area contributed by atoms with Crippen LogP contribution in [-0.2, 0) is 0 Å². The van der Waals surface area contributed by atoms with Crippen molar-refractivity contribution in [3.8, 4) is 0 Å². The van der Waals surface area contributed by atoms with Crippen molar-refractivity contribution in [2.24, 2.45) is 0 Å². The minimum atomic E-state index is -0.780. The SMILES string of the molecule is Nc1ccc2c(c1)oc(=O)n2C(=O)c1ccc(Br)o1. The maximum absolute atomic E-state index is 12.2. The van der Waals surface area contributed by atoms with E-state index < -0.39 is 11.7 Å². The molecule has 0 saturated carbocycles. The first kappa shape index (κ1) is 11.8. The normalized spacial score (nSPS) is 11.0. The first-order valence-electron chi connectivity index (χ1n) is 5.27. The van der Waals surface area contributed by atoms with Crippen molar-refractivity contribution in [3.05, 3.63) is 51.3 Å². The van der Waals surface area contributed by atoms with Gasteiger partial charge in [0.2, 0.25) is 0 Å². The summed E-state index contributed by atoms with van der Waals surface area (Å²) in [7, 11) is 0. The molecular formula is C12H7BrN2O4. The number of hydrogen-bond donors (Lipinski definition) is 1. The predicted octanol–water partition coefficient (Wildman–Crippen LogP) is 2.22. The highest BCUT2D eigenvalue weighted by atomic mass is 79.9. The number of anilines is 1. The summed E-state index contributed by atoms with van der Waals surface area (Å²) in [6.07, 6.45) is 0. The minimum absolute atomic E-state index is 0.0356. The number of hydrogen-bond acceptors (Lipinski definition) is 5. The number of oxazole rings is 1. The Morgan fingerprint density at radius 3 is 2.68 bits per heavy atom. The van der Waals surface area contributed by atoms with Gasteiger partial charge in [0.05, 0.1) is 5.52 Å². The molecule has 0 unspecified atom stereocenters. The number of aromatic nitrogens is 1. The van der Waals surface area contributed by atoms with E-state index in [1.165, 1.54) is 12.1 Å². The third kappa shape index (κ3) is 1.88. The maximum atomic E-state index is 12.2. The van der Waals surface area contributed by atoms with Gasteiger partial charge in [0, 0.05) is 11.8 Å². The molecule has 0 fully saturated rings. The Hall–Kier alpha value is -2.28. The summed E-state index contributed by atoms with van der Waals surface area (Å²) in [5.41, 5.74) is 6.64. The second-order valence-electron chi connectivity index (χ2n) is 3.84. The van der Waals surface area contributed by atoms with Crippen molar-refractivity contribution in [3.63, 3.8) is 0 Å². The lowest BCUT2D eigenvalue weighted by Gasteiger charge is -1.98. The number of nitrogen functional groups attached to an aromatic ring is 1. The molecule has 0 atom stereocenters. The van der Waals surface area contributed by atoms with Gasteiger partial charge in [-0.25, -0.2) is 9.36 Å². The number of rotatable bonds is 1. The number of nitrogens with two attached hydrogens (primary N) is 1. The molecule has 2 heterocycles. The van der Waals surface area contributed by atoms with E-state index in [-0.39, 0.29) is 11.3 Å². The molecule has 0 aliphatic heterocycles. The highest BCUT2D eigenvalue weighted by Crippen LogP contribution is 2.19. The molecule has 0 spiro atoms. The van der Waals surface area contributed by atoms with E-state index in [0.29, 0.717) is 15.9 Å². The van der Waals surface area contributed by atoms with Gasteiger partial charge in [-0.05, 0) is 40.2 Å². The van der Waals surface area contributed by atoms with E-state index in [0.717, 1.165) is 4.57 Å². The largest absolute Gasteiger partial charge is 0.444 e. The monoisotopic (exact) mass is 322 g/mol. The van der Waals surface area contributed by atoms with Gasteiger partial charge in [-0.2, -0.15) is 0 Å². The number of halogens is 1. The first-order valence-corrected chi connectivity index (χ1v) is 6.06. The molecule has 0 radical (unpaired) electrons. The fourth-order valence-electron chi connectivity index (χ4n) is 1.77. The summed E-state index contributed by atoms with van der Waals surface area (Å²) in [5.74, 6) is -1.34. The Kier molecular flexibility index (Phi) is 2.56. The van der Waals surface area contributed by atoms with Crippen LogP contribution in [-0.4, -0.2) is 10.5 Å². The Balaban J connectivity index is 2.22. The molecule has 0 saturated heterocycles. The van der Waals surface area contributed by atoms with Gasteiger partial charge in [-0.3, -0.25) is 4.79 Å². The van der Waals surface area contributed by atoms with E-state index in [1.807, 2.05) is 0 Å². The van der Waals surface area contributed by atoms with E-state index in [2.05, 4.69) is 15.9 Å². The van der Waals surface area contributed by atoms with E-state index in [9.17, 15) is 9.59 Å². The zero-order chi connectivity index (χ0) is 13.6. The van der Waals surface area contributed by atoms with Crippen molar-refractivity contribution in [1.29, 1.82) is 0 Å². The quantitative estimate of drug-likeness (QED) is 0.693. The summed E-state index contributed by atoms with van der Waals surface area (Å²) >= 11 is 3.10. The van der Waals surface area contributed by atoms with Gasteiger partial charge >= 0.3 is 11.7 Å². The van der Waals surface area contributed by atoms with E-state index in [4.69, 9.17) is 14.6 Å². The molecule has 2 aromatic heterocycles. The lowest BCUT2D eigenvalue weighted by Crippen LogP contribution is -2.22. The number of carbonyl (C=O) groups excluding carboxylic acids is 1. The fraction of sp³-hybridized carbons (Fsp3) is 0. The molecule has 19 heavy (non-hydrogen) atoms. The second-order valence-corrected chi connectivity index (χ2v) is 4.62. The fourth-order valence-corrected chi connectivity index (χ4v) is 2.07. The van der Waals surface area contributed by atoms with Crippen LogP contribution in [0.1, 0.15) is 10.6 Å². The standard InChI is InChI=1S/C12H7BrN2O4/c13-10-4-3-8(18-10)11(16)15-7-2-1-6(14)5-9(7)19-12(15)17/h1-5H,14H2. The zero-order valence-electron chi connectivity index (χ0n) is 9.42. The maximum Gasteiger partial charge on any atom is 0.427 e. The molecule has 96 valence electrons. The molecule has 7 heteroatoms. The van der Waals surface area contributed by atoms with Crippen LogP contribution in [0.15, 0.2) is 48.6 Å². The lowest BCUT2D eigenvalue weighted by molar-refractivity contribution is 0.0927.